The molecule has 1 N–H and O–H groups in total. The van der Waals surface area contributed by atoms with Crippen LogP contribution in [-0.2, 0) is 17.9 Å². The van der Waals surface area contributed by atoms with Crippen LogP contribution in [0.5, 0.6) is 0 Å². The maximum atomic E-state index is 13.6. The van der Waals surface area contributed by atoms with Gasteiger partial charge >= 0.3 is 0 Å². The van der Waals surface area contributed by atoms with E-state index in [0.717, 1.165) is 49.3 Å². The number of anilines is 2. The van der Waals surface area contributed by atoms with Gasteiger partial charge < -0.3 is 14.6 Å². The highest BCUT2D eigenvalue weighted by Crippen LogP contribution is 2.27. The number of nitrogens with zero attached hydrogens (tertiary/aromatic N) is 3. The van der Waals surface area contributed by atoms with E-state index in [2.05, 4.69) is 20.2 Å². The summed E-state index contributed by atoms with van der Waals surface area (Å²) < 4.78 is 19.2. The lowest BCUT2D eigenvalue weighted by Gasteiger charge is -2.31. The van der Waals surface area contributed by atoms with Crippen LogP contribution in [0.4, 0.5) is 15.9 Å². The molecule has 3 heterocycles. The molecule has 0 spiro atoms. The van der Waals surface area contributed by atoms with Crippen LogP contribution in [0.15, 0.2) is 47.0 Å². The van der Waals surface area contributed by atoms with E-state index < -0.39 is 12.6 Å². The summed E-state index contributed by atoms with van der Waals surface area (Å²) >= 11 is 0. The number of Topliss-reactive ketones (excluding diaryl/α,β-unsaturated/α-hetero) is 1. The number of amides is 1. The van der Waals surface area contributed by atoms with Gasteiger partial charge in [0.25, 0.3) is 5.91 Å². The molecule has 1 aliphatic heterocycles. The largest absolute Gasteiger partial charge is 0.437 e. The van der Waals surface area contributed by atoms with Crippen molar-refractivity contribution in [1.82, 2.24) is 9.97 Å². The molecule has 1 aliphatic rings. The summed E-state index contributed by atoms with van der Waals surface area (Å²) in [7, 11) is 0. The number of hydrogen-bond donors (Lipinski definition) is 1. The molecule has 0 aliphatic carbocycles. The van der Waals surface area contributed by atoms with Gasteiger partial charge in [0.1, 0.15) is 18.3 Å². The highest BCUT2D eigenvalue weighted by atomic mass is 19.1. The van der Waals surface area contributed by atoms with Gasteiger partial charge in [-0.05, 0) is 49.9 Å². The van der Waals surface area contributed by atoms with E-state index in [0.29, 0.717) is 5.69 Å². The molecule has 1 aromatic carbocycles. The number of nitrogens with one attached hydrogen (secondary N) is 1. The SMILES string of the molecule is CCc1ccccc1-c1nc(C(=O)Nc2ccc(N3CCC(C(C)=O)CC3)nc2)c(CF)o1. The van der Waals surface area contributed by atoms with Gasteiger partial charge in [-0.25, -0.2) is 14.4 Å². The molecule has 2 aromatic heterocycles. The van der Waals surface area contributed by atoms with E-state index in [-0.39, 0.29) is 29.0 Å². The number of rotatable bonds is 7. The standard InChI is InChI=1S/C25H27FN4O3/c1-3-17-6-4-5-7-20(17)25-29-23(21(14-26)33-25)24(32)28-19-8-9-22(27-15-19)30-12-10-18(11-13-30)16(2)31/h4-9,15,18H,3,10-14H2,1-2H3,(H,28,32). The average Bonchev–Trinajstić information content (AvgIpc) is 3.29. The first-order chi connectivity index (χ1) is 16.0. The van der Waals surface area contributed by atoms with Crippen molar-refractivity contribution in [2.24, 2.45) is 5.92 Å². The Kier molecular flexibility index (Phi) is 6.82. The van der Waals surface area contributed by atoms with Gasteiger partial charge in [-0.3, -0.25) is 9.59 Å². The second kappa shape index (κ2) is 9.94. The van der Waals surface area contributed by atoms with E-state index in [1.165, 1.54) is 0 Å². The lowest BCUT2D eigenvalue weighted by atomic mass is 9.93. The van der Waals surface area contributed by atoms with Crippen molar-refractivity contribution in [3.8, 4) is 11.5 Å². The normalized spacial score (nSPS) is 14.3. The molecule has 0 radical (unpaired) electrons. The third-order valence-electron chi connectivity index (χ3n) is 6.06. The number of pyridine rings is 1. The predicted molar refractivity (Wildman–Crippen MR) is 124 cm³/mol. The van der Waals surface area contributed by atoms with Gasteiger partial charge in [-0.2, -0.15) is 0 Å². The van der Waals surface area contributed by atoms with E-state index in [1.54, 1.807) is 19.2 Å². The van der Waals surface area contributed by atoms with Crippen LogP contribution in [0, 0.1) is 5.92 Å². The van der Waals surface area contributed by atoms with Gasteiger partial charge in [0.2, 0.25) is 5.89 Å². The molecule has 3 aromatic rings. The first kappa shape index (κ1) is 22.6. The lowest BCUT2D eigenvalue weighted by Crippen LogP contribution is -2.36. The Hall–Kier alpha value is -3.55. The summed E-state index contributed by atoms with van der Waals surface area (Å²) in [5.74, 6) is 0.727. The highest BCUT2D eigenvalue weighted by molar-refractivity contribution is 6.03. The number of hydrogen-bond acceptors (Lipinski definition) is 6. The van der Waals surface area contributed by atoms with Crippen molar-refractivity contribution < 1.29 is 18.4 Å². The average molecular weight is 451 g/mol. The minimum atomic E-state index is -0.933. The van der Waals surface area contributed by atoms with Crippen LogP contribution in [-0.4, -0.2) is 34.7 Å². The van der Waals surface area contributed by atoms with Gasteiger partial charge in [-0.1, -0.05) is 25.1 Å². The molecule has 1 saturated heterocycles. The molecular weight excluding hydrogens is 423 g/mol. The third kappa shape index (κ3) is 4.94. The molecule has 8 heteroatoms. The summed E-state index contributed by atoms with van der Waals surface area (Å²) in [6.07, 6.45) is 3.95. The molecule has 4 rings (SSSR count). The van der Waals surface area contributed by atoms with Crippen molar-refractivity contribution in [1.29, 1.82) is 0 Å². The summed E-state index contributed by atoms with van der Waals surface area (Å²) in [6.45, 7) is 4.25. The molecule has 0 saturated carbocycles. The smallest absolute Gasteiger partial charge is 0.278 e. The fraction of sp³-hybridized carbons (Fsp3) is 0.360. The Labute approximate surface area is 192 Å². The topological polar surface area (TPSA) is 88.3 Å². The van der Waals surface area contributed by atoms with Crippen LogP contribution in [0.25, 0.3) is 11.5 Å². The summed E-state index contributed by atoms with van der Waals surface area (Å²) in [5, 5.41) is 2.72. The van der Waals surface area contributed by atoms with Crippen LogP contribution in [0.2, 0.25) is 0 Å². The Bertz CT molecular complexity index is 1130. The number of benzene rings is 1. The van der Waals surface area contributed by atoms with Crippen molar-refractivity contribution >= 4 is 23.2 Å². The van der Waals surface area contributed by atoms with Gasteiger partial charge in [0.15, 0.2) is 11.5 Å². The number of carbonyl (C=O) groups is 2. The van der Waals surface area contributed by atoms with E-state index in [1.807, 2.05) is 37.3 Å². The molecular formula is C25H27FN4O3. The second-order valence-electron chi connectivity index (χ2n) is 8.17. The van der Waals surface area contributed by atoms with Crippen molar-refractivity contribution in [3.63, 3.8) is 0 Å². The number of aryl methyl sites for hydroxylation is 1. The zero-order valence-corrected chi connectivity index (χ0v) is 18.8. The highest BCUT2D eigenvalue weighted by Gasteiger charge is 2.24. The fourth-order valence-corrected chi connectivity index (χ4v) is 4.12. The Morgan fingerprint density at radius 1 is 1.18 bits per heavy atom. The van der Waals surface area contributed by atoms with Crippen LogP contribution in [0.1, 0.15) is 48.5 Å². The third-order valence-corrected chi connectivity index (χ3v) is 6.06. The second-order valence-corrected chi connectivity index (χ2v) is 8.17. The van der Waals surface area contributed by atoms with Crippen molar-refractivity contribution in [2.45, 2.75) is 39.8 Å². The number of oxazole rings is 1. The number of halogens is 1. The molecule has 1 amide bonds. The van der Waals surface area contributed by atoms with Crippen LogP contribution < -0.4 is 10.2 Å². The maximum Gasteiger partial charge on any atom is 0.278 e. The van der Waals surface area contributed by atoms with E-state index in [4.69, 9.17) is 4.42 Å². The Morgan fingerprint density at radius 3 is 2.58 bits per heavy atom. The molecule has 0 atom stereocenters. The Balaban J connectivity index is 1.46. The van der Waals surface area contributed by atoms with Crippen molar-refractivity contribution in [2.75, 3.05) is 23.3 Å². The first-order valence-electron chi connectivity index (χ1n) is 11.2. The maximum absolute atomic E-state index is 13.6. The molecule has 1 fully saturated rings. The number of piperidine rings is 1. The monoisotopic (exact) mass is 450 g/mol. The van der Waals surface area contributed by atoms with Crippen LogP contribution >= 0.6 is 0 Å². The first-order valence-corrected chi connectivity index (χ1v) is 11.2. The number of alkyl halides is 1. The molecule has 33 heavy (non-hydrogen) atoms. The summed E-state index contributed by atoms with van der Waals surface area (Å²) in [4.78, 5) is 35.2. The summed E-state index contributed by atoms with van der Waals surface area (Å²) in [5.41, 5.74) is 2.15. The number of aromatic nitrogens is 2. The predicted octanol–water partition coefficient (Wildman–Crippen LogP) is 4.83. The van der Waals surface area contributed by atoms with E-state index >= 15 is 0 Å². The quantitative estimate of drug-likeness (QED) is 0.555. The van der Waals surface area contributed by atoms with Gasteiger partial charge in [-0.15, -0.1) is 0 Å². The molecule has 0 unspecified atom stereocenters. The molecule has 0 bridgehead atoms. The van der Waals surface area contributed by atoms with Crippen LogP contribution in [0.3, 0.4) is 0 Å². The Morgan fingerprint density at radius 2 is 1.94 bits per heavy atom. The lowest BCUT2D eigenvalue weighted by molar-refractivity contribution is -0.121. The number of carbonyl (C=O) groups excluding carboxylic acids is 2. The zero-order valence-electron chi connectivity index (χ0n) is 18.8. The molecule has 7 nitrogen and oxygen atoms in total. The fourth-order valence-electron chi connectivity index (χ4n) is 4.12. The minimum Gasteiger partial charge on any atom is -0.437 e. The molecule has 172 valence electrons. The zero-order chi connectivity index (χ0) is 23.4. The minimum absolute atomic E-state index is 0.0752. The van der Waals surface area contributed by atoms with E-state index in [9.17, 15) is 14.0 Å². The summed E-state index contributed by atoms with van der Waals surface area (Å²) in [6, 6.07) is 11.1. The van der Waals surface area contributed by atoms with Gasteiger partial charge in [0.05, 0.1) is 11.9 Å². The van der Waals surface area contributed by atoms with Gasteiger partial charge in [0, 0.05) is 24.6 Å². The number of ketones is 1. The van der Waals surface area contributed by atoms with Crippen molar-refractivity contribution in [3.05, 3.63) is 59.6 Å².